The number of ether oxygens (including phenoxy) is 1. The van der Waals surface area contributed by atoms with Crippen molar-refractivity contribution in [3.05, 3.63) is 12.7 Å². The molecule has 2 aromatic rings. The smallest absolute Gasteiger partial charge is 0.333 e. The van der Waals surface area contributed by atoms with E-state index in [1.54, 1.807) is 4.57 Å². The molecule has 0 amide bonds. The van der Waals surface area contributed by atoms with E-state index in [1.165, 1.54) is 12.7 Å². The summed E-state index contributed by atoms with van der Waals surface area (Å²) in [5, 5.41) is 21.6. The quantitative estimate of drug-likeness (QED) is 0.411. The first-order valence-electron chi connectivity index (χ1n) is 12.0. The van der Waals surface area contributed by atoms with Crippen LogP contribution in [0.2, 0.25) is 22.2 Å². The average molecular weight is 511 g/mol. The lowest BCUT2D eigenvalue weighted by atomic mass is 10.1. The molecule has 1 radical (unpaired) electrons. The number of aromatic nitrogens is 4. The normalized spacial score (nSPS) is 24.1. The van der Waals surface area contributed by atoms with Crippen molar-refractivity contribution in [3.8, 4) is 0 Å². The van der Waals surface area contributed by atoms with E-state index in [1.807, 2.05) is 0 Å². The minimum Gasteiger partial charge on any atom is -0.435 e. The molecule has 12 heteroatoms. The maximum atomic E-state index is 10.8. The van der Waals surface area contributed by atoms with Crippen molar-refractivity contribution in [2.75, 3.05) is 12.3 Å². The van der Waals surface area contributed by atoms with Crippen LogP contribution in [0.15, 0.2) is 12.7 Å². The highest BCUT2D eigenvalue weighted by Gasteiger charge is 2.51. The third-order valence-corrected chi connectivity index (χ3v) is 14.8. The second-order valence-corrected chi connectivity index (χ2v) is 18.3. The molecule has 10 nitrogen and oxygen atoms in total. The van der Waals surface area contributed by atoms with Gasteiger partial charge in [0.2, 0.25) is 9.04 Å². The maximum absolute atomic E-state index is 10.8. The van der Waals surface area contributed by atoms with E-state index < -0.39 is 42.1 Å². The number of hydrogen-bond donors (Lipinski definition) is 3. The Balaban J connectivity index is 1.82. The van der Waals surface area contributed by atoms with Crippen LogP contribution < -0.4 is 5.73 Å². The van der Waals surface area contributed by atoms with Gasteiger partial charge in [-0.2, -0.15) is 0 Å². The van der Waals surface area contributed by atoms with Gasteiger partial charge >= 0.3 is 8.56 Å². The summed E-state index contributed by atoms with van der Waals surface area (Å²) in [7, 11) is -3.80. The molecule has 0 aromatic carbocycles. The van der Waals surface area contributed by atoms with Crippen molar-refractivity contribution >= 4 is 34.6 Å². The first kappa shape index (κ1) is 27.2. The van der Waals surface area contributed by atoms with Gasteiger partial charge in [-0.25, -0.2) is 15.0 Å². The lowest BCUT2D eigenvalue weighted by Crippen LogP contribution is -2.54. The van der Waals surface area contributed by atoms with Crippen LogP contribution in [0.25, 0.3) is 11.2 Å². The molecule has 4 N–H and O–H groups in total. The number of aliphatic hydroxyl groups excluding tert-OH is 2. The summed E-state index contributed by atoms with van der Waals surface area (Å²) < 4.78 is 21.3. The van der Waals surface area contributed by atoms with Crippen molar-refractivity contribution in [2.45, 2.75) is 102 Å². The molecule has 34 heavy (non-hydrogen) atoms. The van der Waals surface area contributed by atoms with Crippen LogP contribution in [0, 0.1) is 0 Å². The highest BCUT2D eigenvalue weighted by Crippen LogP contribution is 2.40. The zero-order valence-corrected chi connectivity index (χ0v) is 23.5. The van der Waals surface area contributed by atoms with Gasteiger partial charge in [-0.3, -0.25) is 4.57 Å². The van der Waals surface area contributed by atoms with Crippen LogP contribution in [0.1, 0.15) is 61.6 Å². The standard InChI is InChI=1S/C22H40N5O5Si2/c1-12(2)33(13(3)4)32-34(14(5)6,15(7)8)30-9-16-18(28)19(29)22(31-16)27-11-26-17-20(23)24-10-25-21(17)27/h10-16,18-19,22,28-29H,9H2,1-8H3,(H2,23,24,25)/t16-,18?,19-,22-/m1/s1. The molecule has 2 aromatic heterocycles. The van der Waals surface area contributed by atoms with E-state index in [-0.39, 0.29) is 23.5 Å². The van der Waals surface area contributed by atoms with Crippen molar-refractivity contribution < 1.29 is 23.5 Å². The summed E-state index contributed by atoms with van der Waals surface area (Å²) in [5.74, 6) is 0.242. The maximum Gasteiger partial charge on any atom is 0.333 e. The summed E-state index contributed by atoms with van der Waals surface area (Å²) in [6.45, 7) is 17.6. The minimum atomic E-state index is -2.68. The Morgan fingerprint density at radius 1 is 1.03 bits per heavy atom. The number of nitrogens with zero attached hydrogens (tertiary/aromatic N) is 4. The molecule has 0 saturated carbocycles. The summed E-state index contributed by atoms with van der Waals surface area (Å²) in [6.07, 6.45) is -1.08. The van der Waals surface area contributed by atoms with E-state index in [2.05, 4.69) is 70.3 Å². The minimum absolute atomic E-state index is 0.131. The van der Waals surface area contributed by atoms with Gasteiger partial charge in [-0.1, -0.05) is 55.4 Å². The summed E-state index contributed by atoms with van der Waals surface area (Å²) in [4.78, 5) is 12.4. The van der Waals surface area contributed by atoms with Crippen LogP contribution in [0.3, 0.4) is 0 Å². The third kappa shape index (κ3) is 5.08. The number of anilines is 1. The molecule has 1 unspecified atom stereocenters. The van der Waals surface area contributed by atoms with E-state index in [0.717, 1.165) is 0 Å². The number of hydrogen-bond acceptors (Lipinski definition) is 9. The van der Waals surface area contributed by atoms with E-state index in [0.29, 0.717) is 22.2 Å². The molecule has 1 aliphatic heterocycles. The largest absolute Gasteiger partial charge is 0.435 e. The van der Waals surface area contributed by atoms with Crippen LogP contribution in [-0.2, 0) is 13.3 Å². The zero-order valence-electron chi connectivity index (χ0n) is 21.5. The fraction of sp³-hybridized carbons (Fsp3) is 0.773. The Kier molecular flexibility index (Phi) is 8.54. The molecular weight excluding hydrogens is 470 g/mol. The van der Waals surface area contributed by atoms with Gasteiger partial charge in [0, 0.05) is 0 Å². The lowest BCUT2D eigenvalue weighted by Gasteiger charge is -2.42. The van der Waals surface area contributed by atoms with Crippen molar-refractivity contribution in [1.29, 1.82) is 0 Å². The van der Waals surface area contributed by atoms with E-state index >= 15 is 0 Å². The lowest BCUT2D eigenvalue weighted by molar-refractivity contribution is -0.0515. The van der Waals surface area contributed by atoms with E-state index in [4.69, 9.17) is 19.0 Å². The molecule has 0 aliphatic carbocycles. The SMILES string of the molecule is CC(C)[Si](O[Si](OC[C@H]1O[C@@H](n2cnc3c(N)ncnc32)[C@H](O)C1O)(C(C)C)C(C)C)C(C)C. The fourth-order valence-electron chi connectivity index (χ4n) is 4.72. The number of imidazole rings is 1. The summed E-state index contributed by atoms with van der Waals surface area (Å²) in [5.41, 5.74) is 8.05. The number of aliphatic hydroxyl groups is 2. The molecule has 0 spiro atoms. The number of rotatable bonds is 10. The molecule has 191 valence electrons. The van der Waals surface area contributed by atoms with Gasteiger partial charge in [0.25, 0.3) is 0 Å². The predicted octanol–water partition coefficient (Wildman–Crippen LogP) is 3.13. The summed E-state index contributed by atoms with van der Waals surface area (Å²) >= 11 is 0. The van der Waals surface area contributed by atoms with Crippen molar-refractivity contribution in [1.82, 2.24) is 19.5 Å². The number of nitrogen functional groups attached to an aromatic ring is 1. The number of nitrogens with two attached hydrogens (primary N) is 1. The van der Waals surface area contributed by atoms with Gasteiger partial charge in [-0.15, -0.1) is 0 Å². The molecule has 0 bridgehead atoms. The molecule has 1 saturated heterocycles. The Morgan fingerprint density at radius 3 is 2.21 bits per heavy atom. The van der Waals surface area contributed by atoms with Gasteiger partial charge in [0.05, 0.1) is 12.9 Å². The van der Waals surface area contributed by atoms with Crippen molar-refractivity contribution in [2.24, 2.45) is 0 Å². The van der Waals surface area contributed by atoms with Crippen LogP contribution >= 0.6 is 0 Å². The zero-order chi connectivity index (χ0) is 25.4. The van der Waals surface area contributed by atoms with Gasteiger partial charge in [-0.05, 0) is 22.2 Å². The first-order valence-corrected chi connectivity index (χ1v) is 15.6. The average Bonchev–Trinajstić information content (AvgIpc) is 3.30. The second kappa shape index (κ2) is 10.7. The Hall–Kier alpha value is -1.42. The monoisotopic (exact) mass is 510 g/mol. The Bertz CT molecular complexity index is 941. The highest BCUT2D eigenvalue weighted by atomic mass is 28.4. The highest BCUT2D eigenvalue weighted by molar-refractivity contribution is 6.78. The van der Waals surface area contributed by atoms with E-state index in [9.17, 15) is 10.2 Å². The third-order valence-electron chi connectivity index (χ3n) is 6.50. The van der Waals surface area contributed by atoms with Crippen molar-refractivity contribution in [3.63, 3.8) is 0 Å². The molecule has 4 atom stereocenters. The molecular formula is C22H40N5O5Si2. The van der Waals surface area contributed by atoms with Gasteiger partial charge < -0.3 is 29.2 Å². The topological polar surface area (TPSA) is 138 Å². The molecule has 3 rings (SSSR count). The Morgan fingerprint density at radius 2 is 1.65 bits per heavy atom. The van der Waals surface area contributed by atoms with Gasteiger partial charge in [0.1, 0.15) is 30.2 Å². The van der Waals surface area contributed by atoms with Crippen LogP contribution in [0.5, 0.6) is 0 Å². The number of fused-ring (bicyclic) bond motifs is 1. The van der Waals surface area contributed by atoms with Crippen LogP contribution in [0.4, 0.5) is 5.82 Å². The predicted molar refractivity (Wildman–Crippen MR) is 135 cm³/mol. The molecule has 3 heterocycles. The Labute approximate surface area is 204 Å². The molecule has 1 fully saturated rings. The molecule has 1 aliphatic rings. The summed E-state index contributed by atoms with van der Waals surface area (Å²) in [6, 6.07) is 0. The second-order valence-electron chi connectivity index (χ2n) is 10.3. The fourth-order valence-corrected chi connectivity index (χ4v) is 14.0. The first-order chi connectivity index (χ1) is 15.9. The van der Waals surface area contributed by atoms with Crippen LogP contribution in [-0.4, -0.2) is 72.3 Å². The van der Waals surface area contributed by atoms with Gasteiger partial charge in [0.15, 0.2) is 17.7 Å².